The van der Waals surface area contributed by atoms with E-state index in [1.54, 1.807) is 0 Å². The Morgan fingerprint density at radius 2 is 1.76 bits per heavy atom. The van der Waals surface area contributed by atoms with E-state index >= 15 is 0 Å². The smallest absolute Gasteiger partial charge is 0.321 e. The fraction of sp³-hybridized carbons (Fsp3) is 0.357. The highest BCUT2D eigenvalue weighted by Crippen LogP contribution is 2.21. The van der Waals surface area contributed by atoms with Gasteiger partial charge in [-0.05, 0) is 25.5 Å². The van der Waals surface area contributed by atoms with Gasteiger partial charge in [-0.15, -0.1) is 0 Å². The van der Waals surface area contributed by atoms with Gasteiger partial charge in [0, 0.05) is 18.2 Å². The Morgan fingerprint density at radius 1 is 1.05 bits per heavy atom. The van der Waals surface area contributed by atoms with Gasteiger partial charge in [0.05, 0.1) is 6.61 Å². The number of halogens is 2. The lowest BCUT2D eigenvalue weighted by Crippen LogP contribution is -2.08. The van der Waals surface area contributed by atoms with Gasteiger partial charge < -0.3 is 10.1 Å². The third-order valence-electron chi connectivity index (χ3n) is 2.51. The Balaban J connectivity index is 2.42. The number of nitrogens with one attached hydrogen (secondary N) is 1. The molecule has 1 aromatic heterocycles. The highest BCUT2D eigenvalue weighted by atomic mass is 19.1. The highest BCUT2D eigenvalue weighted by Gasteiger charge is 2.11. The first-order valence-electron chi connectivity index (χ1n) is 6.71. The zero-order valence-corrected chi connectivity index (χ0v) is 11.9. The van der Waals surface area contributed by atoms with Gasteiger partial charge in [0.15, 0.2) is 5.82 Å². The molecule has 2 aromatic rings. The fourth-order valence-corrected chi connectivity index (χ4v) is 1.66. The summed E-state index contributed by atoms with van der Waals surface area (Å²) in [6, 6.07) is 3.25. The fourth-order valence-electron chi connectivity index (χ4n) is 1.66. The molecule has 5 nitrogen and oxygen atoms in total. The molecule has 0 spiro atoms. The molecule has 0 fully saturated rings. The van der Waals surface area contributed by atoms with Crippen molar-refractivity contribution in [2.75, 3.05) is 18.5 Å². The van der Waals surface area contributed by atoms with Crippen LogP contribution in [0.4, 0.5) is 14.7 Å². The van der Waals surface area contributed by atoms with Crippen LogP contribution in [0, 0.1) is 11.6 Å². The lowest BCUT2D eigenvalue weighted by Gasteiger charge is -2.08. The van der Waals surface area contributed by atoms with Crippen LogP contribution in [0.2, 0.25) is 0 Å². The Kier molecular flexibility index (Phi) is 4.97. The topological polar surface area (TPSA) is 59.9 Å². The van der Waals surface area contributed by atoms with Crippen molar-refractivity contribution in [3.05, 3.63) is 29.8 Å². The van der Waals surface area contributed by atoms with Gasteiger partial charge in [0.25, 0.3) is 0 Å². The summed E-state index contributed by atoms with van der Waals surface area (Å²) >= 11 is 0. The molecular weight excluding hydrogens is 278 g/mol. The van der Waals surface area contributed by atoms with Crippen LogP contribution in [0.25, 0.3) is 11.4 Å². The summed E-state index contributed by atoms with van der Waals surface area (Å²) in [5.74, 6) is -0.915. The Morgan fingerprint density at radius 3 is 2.38 bits per heavy atom. The van der Waals surface area contributed by atoms with Crippen molar-refractivity contribution in [1.82, 2.24) is 15.0 Å². The van der Waals surface area contributed by atoms with E-state index in [0.717, 1.165) is 24.6 Å². The van der Waals surface area contributed by atoms with E-state index in [1.165, 1.54) is 0 Å². The van der Waals surface area contributed by atoms with E-state index < -0.39 is 11.6 Å². The SMILES string of the molecule is CCCOc1nc(NCC)nc(-c2cc(F)cc(F)c2)n1. The molecule has 1 heterocycles. The average molecular weight is 294 g/mol. The van der Waals surface area contributed by atoms with Crippen LogP contribution in [0.1, 0.15) is 20.3 Å². The van der Waals surface area contributed by atoms with Crippen molar-refractivity contribution < 1.29 is 13.5 Å². The van der Waals surface area contributed by atoms with Crippen molar-refractivity contribution in [3.63, 3.8) is 0 Å². The number of ether oxygens (including phenoxy) is 1. The number of aromatic nitrogens is 3. The van der Waals surface area contributed by atoms with Gasteiger partial charge in [0.2, 0.25) is 5.95 Å². The number of anilines is 1. The maximum Gasteiger partial charge on any atom is 0.321 e. The number of hydrogen-bond acceptors (Lipinski definition) is 5. The molecule has 0 amide bonds. The predicted octanol–water partition coefficient (Wildman–Crippen LogP) is 3.04. The second-order valence-corrected chi connectivity index (χ2v) is 4.30. The number of benzene rings is 1. The van der Waals surface area contributed by atoms with Crippen molar-refractivity contribution in [2.45, 2.75) is 20.3 Å². The summed E-state index contributed by atoms with van der Waals surface area (Å²) in [5, 5.41) is 2.93. The van der Waals surface area contributed by atoms with Crippen molar-refractivity contribution in [1.29, 1.82) is 0 Å². The van der Waals surface area contributed by atoms with Gasteiger partial charge in [0.1, 0.15) is 11.6 Å². The molecule has 0 saturated heterocycles. The predicted molar refractivity (Wildman–Crippen MR) is 75.1 cm³/mol. The lowest BCUT2D eigenvalue weighted by molar-refractivity contribution is 0.292. The van der Waals surface area contributed by atoms with E-state index in [9.17, 15) is 8.78 Å². The summed E-state index contributed by atoms with van der Waals surface area (Å²) < 4.78 is 32.0. The molecule has 7 heteroatoms. The van der Waals surface area contributed by atoms with Crippen molar-refractivity contribution >= 4 is 5.95 Å². The third-order valence-corrected chi connectivity index (χ3v) is 2.51. The summed E-state index contributed by atoms with van der Waals surface area (Å²) in [6.45, 7) is 4.90. The first-order chi connectivity index (χ1) is 10.1. The molecule has 0 aliphatic rings. The Bertz CT molecular complexity index is 602. The zero-order valence-electron chi connectivity index (χ0n) is 11.9. The summed E-state index contributed by atoms with van der Waals surface area (Å²) in [5.41, 5.74) is 0.232. The van der Waals surface area contributed by atoms with Crippen LogP contribution in [-0.2, 0) is 0 Å². The molecule has 21 heavy (non-hydrogen) atoms. The van der Waals surface area contributed by atoms with E-state index in [2.05, 4.69) is 20.3 Å². The van der Waals surface area contributed by atoms with E-state index in [1.807, 2.05) is 13.8 Å². The van der Waals surface area contributed by atoms with E-state index in [0.29, 0.717) is 19.1 Å². The Labute approximate surface area is 121 Å². The molecule has 2 rings (SSSR count). The van der Waals surface area contributed by atoms with Crippen molar-refractivity contribution in [3.8, 4) is 17.4 Å². The largest absolute Gasteiger partial charge is 0.463 e. The minimum absolute atomic E-state index is 0.127. The number of nitrogens with zero attached hydrogens (tertiary/aromatic N) is 3. The van der Waals surface area contributed by atoms with Crippen LogP contribution in [0.5, 0.6) is 6.01 Å². The van der Waals surface area contributed by atoms with E-state index in [-0.39, 0.29) is 17.4 Å². The number of hydrogen-bond donors (Lipinski definition) is 1. The third kappa shape index (κ3) is 4.08. The second-order valence-electron chi connectivity index (χ2n) is 4.30. The molecule has 1 aromatic carbocycles. The minimum atomic E-state index is -0.688. The molecule has 0 unspecified atom stereocenters. The summed E-state index contributed by atoms with van der Waals surface area (Å²) in [7, 11) is 0. The van der Waals surface area contributed by atoms with Crippen LogP contribution in [0.3, 0.4) is 0 Å². The second kappa shape index (κ2) is 6.92. The first-order valence-corrected chi connectivity index (χ1v) is 6.71. The maximum atomic E-state index is 13.3. The highest BCUT2D eigenvalue weighted by molar-refractivity contribution is 5.56. The molecule has 0 bridgehead atoms. The maximum absolute atomic E-state index is 13.3. The molecule has 112 valence electrons. The van der Waals surface area contributed by atoms with Crippen LogP contribution < -0.4 is 10.1 Å². The van der Waals surface area contributed by atoms with Crippen molar-refractivity contribution in [2.24, 2.45) is 0 Å². The quantitative estimate of drug-likeness (QED) is 0.887. The lowest BCUT2D eigenvalue weighted by atomic mass is 10.2. The summed E-state index contributed by atoms with van der Waals surface area (Å²) in [4.78, 5) is 12.3. The molecule has 0 radical (unpaired) electrons. The standard InChI is InChI=1S/C14H16F2N4O/c1-3-5-21-14-19-12(18-13(20-14)17-4-2)9-6-10(15)8-11(16)7-9/h6-8H,3-5H2,1-2H3,(H,17,18,19,20). The van der Waals surface area contributed by atoms with Crippen LogP contribution >= 0.6 is 0 Å². The molecule has 0 atom stereocenters. The van der Waals surface area contributed by atoms with Gasteiger partial charge in [-0.3, -0.25) is 0 Å². The molecule has 0 saturated carbocycles. The van der Waals surface area contributed by atoms with Crippen LogP contribution in [0.15, 0.2) is 18.2 Å². The van der Waals surface area contributed by atoms with Gasteiger partial charge >= 0.3 is 6.01 Å². The molecular formula is C14H16F2N4O. The van der Waals surface area contributed by atoms with E-state index in [4.69, 9.17) is 4.74 Å². The molecule has 0 aliphatic heterocycles. The molecule has 1 N–H and O–H groups in total. The van der Waals surface area contributed by atoms with Crippen LogP contribution in [-0.4, -0.2) is 28.1 Å². The molecule has 0 aliphatic carbocycles. The van der Waals surface area contributed by atoms with Gasteiger partial charge in [-0.25, -0.2) is 8.78 Å². The minimum Gasteiger partial charge on any atom is -0.463 e. The van der Waals surface area contributed by atoms with Gasteiger partial charge in [-0.2, -0.15) is 15.0 Å². The summed E-state index contributed by atoms with van der Waals surface area (Å²) in [6.07, 6.45) is 0.798. The monoisotopic (exact) mass is 294 g/mol. The van der Waals surface area contributed by atoms with Gasteiger partial charge in [-0.1, -0.05) is 6.92 Å². The Hall–Kier alpha value is -2.31. The first kappa shape index (κ1) is 15.1. The zero-order chi connectivity index (χ0) is 15.2. The normalized spacial score (nSPS) is 10.5. The number of rotatable bonds is 6. The average Bonchev–Trinajstić information content (AvgIpc) is 2.44.